The first kappa shape index (κ1) is 12.8. The van der Waals surface area contributed by atoms with E-state index in [1.54, 1.807) is 18.2 Å². The normalized spacial score (nSPS) is 11.6. The fraction of sp³-hybridized carbons (Fsp3) is 0.0714. The van der Waals surface area contributed by atoms with Crippen molar-refractivity contribution in [2.75, 3.05) is 5.32 Å². The molecule has 0 radical (unpaired) electrons. The maximum Gasteiger partial charge on any atom is 0.140 e. The van der Waals surface area contributed by atoms with Crippen LogP contribution in [0.25, 0.3) is 0 Å². The number of anilines is 1. The van der Waals surface area contributed by atoms with Crippen LogP contribution in [-0.2, 0) is 0 Å². The van der Waals surface area contributed by atoms with Crippen LogP contribution in [0.1, 0.15) is 11.6 Å². The lowest BCUT2D eigenvalue weighted by Gasteiger charge is -2.15. The van der Waals surface area contributed by atoms with Gasteiger partial charge in [0.05, 0.1) is 21.8 Å². The van der Waals surface area contributed by atoms with Gasteiger partial charge in [-0.05, 0) is 17.7 Å². The van der Waals surface area contributed by atoms with Gasteiger partial charge in [0.1, 0.15) is 6.04 Å². The molecule has 18 heavy (non-hydrogen) atoms. The monoisotopic (exact) mass is 276 g/mol. The number of halogens is 2. The van der Waals surface area contributed by atoms with Gasteiger partial charge in [-0.15, -0.1) is 0 Å². The van der Waals surface area contributed by atoms with E-state index >= 15 is 0 Å². The van der Waals surface area contributed by atoms with E-state index < -0.39 is 6.04 Å². The Balaban J connectivity index is 2.30. The minimum atomic E-state index is -0.483. The van der Waals surface area contributed by atoms with Crippen LogP contribution in [0.15, 0.2) is 48.5 Å². The van der Waals surface area contributed by atoms with Crippen molar-refractivity contribution in [3.05, 3.63) is 64.1 Å². The molecule has 1 unspecified atom stereocenters. The van der Waals surface area contributed by atoms with Crippen LogP contribution in [0.3, 0.4) is 0 Å². The summed E-state index contributed by atoms with van der Waals surface area (Å²) in [6.07, 6.45) is 0. The average Bonchev–Trinajstić information content (AvgIpc) is 2.40. The molecule has 0 aliphatic carbocycles. The van der Waals surface area contributed by atoms with Crippen LogP contribution in [0.4, 0.5) is 5.69 Å². The van der Waals surface area contributed by atoms with Gasteiger partial charge < -0.3 is 5.32 Å². The van der Waals surface area contributed by atoms with Crippen LogP contribution < -0.4 is 5.32 Å². The van der Waals surface area contributed by atoms with E-state index in [0.717, 1.165) is 5.56 Å². The summed E-state index contributed by atoms with van der Waals surface area (Å²) in [6.45, 7) is 0. The van der Waals surface area contributed by atoms with Gasteiger partial charge in [-0.25, -0.2) is 0 Å². The highest BCUT2D eigenvalue weighted by Gasteiger charge is 2.13. The molecule has 0 aliphatic heterocycles. The second-order valence-electron chi connectivity index (χ2n) is 3.71. The maximum absolute atomic E-state index is 9.22. The summed E-state index contributed by atoms with van der Waals surface area (Å²) in [4.78, 5) is 0. The Bertz CT molecular complexity index is 556. The second-order valence-corrected chi connectivity index (χ2v) is 4.53. The number of nitriles is 1. The topological polar surface area (TPSA) is 35.8 Å². The van der Waals surface area contributed by atoms with Crippen molar-refractivity contribution in [2.45, 2.75) is 6.04 Å². The molecule has 4 heteroatoms. The average molecular weight is 277 g/mol. The molecule has 1 N–H and O–H groups in total. The first-order valence-electron chi connectivity index (χ1n) is 5.37. The minimum Gasteiger partial charge on any atom is -0.364 e. The third kappa shape index (κ3) is 2.76. The highest BCUT2D eigenvalue weighted by atomic mass is 35.5. The lowest BCUT2D eigenvalue weighted by Crippen LogP contribution is -2.09. The predicted molar refractivity (Wildman–Crippen MR) is 74.9 cm³/mol. The standard InChI is InChI=1S/C14H10Cl2N2/c15-11-7-4-8-12(16)14(11)18-13(9-17)10-5-2-1-3-6-10/h1-8,13,18H. The van der Waals surface area contributed by atoms with E-state index in [1.165, 1.54) is 0 Å². The van der Waals surface area contributed by atoms with Crippen molar-refractivity contribution in [3.8, 4) is 6.07 Å². The van der Waals surface area contributed by atoms with Gasteiger partial charge >= 0.3 is 0 Å². The van der Waals surface area contributed by atoms with Gasteiger partial charge in [0.15, 0.2) is 0 Å². The molecular formula is C14H10Cl2N2. The Morgan fingerprint density at radius 2 is 1.56 bits per heavy atom. The lowest BCUT2D eigenvalue weighted by atomic mass is 10.1. The highest BCUT2D eigenvalue weighted by Crippen LogP contribution is 2.32. The molecule has 90 valence electrons. The zero-order valence-electron chi connectivity index (χ0n) is 9.40. The van der Waals surface area contributed by atoms with E-state index in [9.17, 15) is 5.26 Å². The smallest absolute Gasteiger partial charge is 0.140 e. The summed E-state index contributed by atoms with van der Waals surface area (Å²) in [7, 11) is 0. The van der Waals surface area contributed by atoms with Crippen molar-refractivity contribution in [2.24, 2.45) is 0 Å². The Morgan fingerprint density at radius 1 is 0.944 bits per heavy atom. The zero-order chi connectivity index (χ0) is 13.0. The van der Waals surface area contributed by atoms with E-state index in [4.69, 9.17) is 23.2 Å². The van der Waals surface area contributed by atoms with Crippen LogP contribution in [0.2, 0.25) is 10.0 Å². The SMILES string of the molecule is N#CC(Nc1c(Cl)cccc1Cl)c1ccccc1. The predicted octanol–water partition coefficient (Wildman–Crippen LogP) is 4.67. The molecule has 0 aromatic heterocycles. The first-order valence-corrected chi connectivity index (χ1v) is 6.13. The number of nitrogens with one attached hydrogen (secondary N) is 1. The van der Waals surface area contributed by atoms with E-state index in [1.807, 2.05) is 30.3 Å². The summed E-state index contributed by atoms with van der Waals surface area (Å²) in [5.41, 5.74) is 1.45. The molecule has 0 saturated carbocycles. The number of benzene rings is 2. The summed E-state index contributed by atoms with van der Waals surface area (Å²) in [5, 5.41) is 13.3. The summed E-state index contributed by atoms with van der Waals surface area (Å²) in [5.74, 6) is 0. The number of rotatable bonds is 3. The largest absolute Gasteiger partial charge is 0.364 e. The third-order valence-corrected chi connectivity index (χ3v) is 3.14. The maximum atomic E-state index is 9.22. The Labute approximate surface area is 116 Å². The van der Waals surface area contributed by atoms with Crippen LogP contribution >= 0.6 is 23.2 Å². The van der Waals surface area contributed by atoms with Crippen molar-refractivity contribution < 1.29 is 0 Å². The molecule has 0 spiro atoms. The summed E-state index contributed by atoms with van der Waals surface area (Å²) < 4.78 is 0. The molecule has 2 nitrogen and oxygen atoms in total. The van der Waals surface area contributed by atoms with Crippen molar-refractivity contribution in [1.82, 2.24) is 0 Å². The van der Waals surface area contributed by atoms with E-state index in [2.05, 4.69) is 11.4 Å². The molecular weight excluding hydrogens is 267 g/mol. The van der Waals surface area contributed by atoms with Crippen LogP contribution in [0.5, 0.6) is 0 Å². The molecule has 0 bridgehead atoms. The van der Waals surface area contributed by atoms with Gasteiger partial charge in [-0.2, -0.15) is 5.26 Å². The molecule has 2 rings (SSSR count). The number of nitrogens with zero attached hydrogens (tertiary/aromatic N) is 1. The molecule has 2 aromatic carbocycles. The third-order valence-electron chi connectivity index (χ3n) is 2.51. The van der Waals surface area contributed by atoms with Gasteiger partial charge in [-0.1, -0.05) is 59.6 Å². The fourth-order valence-corrected chi connectivity index (χ4v) is 2.12. The number of para-hydroxylation sites is 1. The van der Waals surface area contributed by atoms with Crippen LogP contribution in [0, 0.1) is 11.3 Å². The molecule has 0 heterocycles. The molecule has 0 aliphatic rings. The van der Waals surface area contributed by atoms with Crippen molar-refractivity contribution in [1.29, 1.82) is 5.26 Å². The molecule has 1 atom stereocenters. The molecule has 0 saturated heterocycles. The lowest BCUT2D eigenvalue weighted by molar-refractivity contribution is 0.998. The van der Waals surface area contributed by atoms with Crippen molar-refractivity contribution >= 4 is 28.9 Å². The second kappa shape index (κ2) is 5.77. The summed E-state index contributed by atoms with van der Waals surface area (Å²) in [6, 6.07) is 16.4. The Morgan fingerprint density at radius 3 is 2.11 bits per heavy atom. The van der Waals surface area contributed by atoms with E-state index in [0.29, 0.717) is 15.7 Å². The Kier molecular flexibility index (Phi) is 4.09. The molecule has 0 amide bonds. The van der Waals surface area contributed by atoms with Gasteiger partial charge in [-0.3, -0.25) is 0 Å². The van der Waals surface area contributed by atoms with Gasteiger partial charge in [0.25, 0.3) is 0 Å². The quantitative estimate of drug-likeness (QED) is 0.884. The molecule has 0 fully saturated rings. The van der Waals surface area contributed by atoms with Gasteiger partial charge in [0, 0.05) is 0 Å². The molecule has 2 aromatic rings. The Hall–Kier alpha value is -1.69. The highest BCUT2D eigenvalue weighted by molar-refractivity contribution is 6.39. The summed E-state index contributed by atoms with van der Waals surface area (Å²) >= 11 is 12.1. The number of hydrogen-bond acceptors (Lipinski definition) is 2. The fourth-order valence-electron chi connectivity index (χ4n) is 1.62. The minimum absolute atomic E-state index is 0.483. The number of hydrogen-bond donors (Lipinski definition) is 1. The van der Waals surface area contributed by atoms with Crippen LogP contribution in [-0.4, -0.2) is 0 Å². The van der Waals surface area contributed by atoms with Gasteiger partial charge in [0.2, 0.25) is 0 Å². The first-order chi connectivity index (χ1) is 8.72. The zero-order valence-corrected chi connectivity index (χ0v) is 10.9. The van der Waals surface area contributed by atoms with E-state index in [-0.39, 0.29) is 0 Å². The van der Waals surface area contributed by atoms with Crippen molar-refractivity contribution in [3.63, 3.8) is 0 Å².